The Labute approximate surface area is 138 Å². The van der Waals surface area contributed by atoms with Gasteiger partial charge in [-0.2, -0.15) is 0 Å². The molecule has 1 aliphatic heterocycles. The van der Waals surface area contributed by atoms with Gasteiger partial charge in [0.1, 0.15) is 5.76 Å². The van der Waals surface area contributed by atoms with Crippen molar-refractivity contribution in [3.05, 3.63) is 41.8 Å². The van der Waals surface area contributed by atoms with Gasteiger partial charge < -0.3 is 10.2 Å². The lowest BCUT2D eigenvalue weighted by molar-refractivity contribution is 0.271. The Hall–Kier alpha value is -1.36. The summed E-state index contributed by atoms with van der Waals surface area (Å²) in [6, 6.07) is 10.0. The Kier molecular flexibility index (Phi) is 5.27. The molecule has 22 heavy (non-hydrogen) atoms. The first kappa shape index (κ1) is 17.0. The standard InChI is InChI=1S/C17H23N3O.ClH/c1-13-15(10-20-9-8-17(2,11-18)12-20)19-16(21-13)14-6-4-3-5-7-14;/h3-7H,8-12,18H2,1-2H3;1H. The Morgan fingerprint density at radius 2 is 2.05 bits per heavy atom. The largest absolute Gasteiger partial charge is 0.441 e. The highest BCUT2D eigenvalue weighted by atomic mass is 35.5. The highest BCUT2D eigenvalue weighted by Gasteiger charge is 2.32. The van der Waals surface area contributed by atoms with Crippen LogP contribution in [0.2, 0.25) is 0 Å². The van der Waals surface area contributed by atoms with Crippen LogP contribution in [0.25, 0.3) is 11.5 Å². The molecular weight excluding hydrogens is 298 g/mol. The number of hydrogen-bond donors (Lipinski definition) is 1. The Balaban J connectivity index is 0.00000176. The summed E-state index contributed by atoms with van der Waals surface area (Å²) in [6.07, 6.45) is 1.16. The van der Waals surface area contributed by atoms with Crippen LogP contribution in [0, 0.1) is 12.3 Å². The topological polar surface area (TPSA) is 55.3 Å². The maximum atomic E-state index is 5.87. The quantitative estimate of drug-likeness (QED) is 0.939. The van der Waals surface area contributed by atoms with Crippen LogP contribution in [-0.4, -0.2) is 29.5 Å². The van der Waals surface area contributed by atoms with Crippen molar-refractivity contribution >= 4 is 12.4 Å². The van der Waals surface area contributed by atoms with Gasteiger partial charge in [-0.25, -0.2) is 4.98 Å². The van der Waals surface area contributed by atoms with Crippen molar-refractivity contribution in [1.29, 1.82) is 0 Å². The van der Waals surface area contributed by atoms with E-state index in [2.05, 4.69) is 16.8 Å². The molecule has 0 spiro atoms. The highest BCUT2D eigenvalue weighted by molar-refractivity contribution is 5.85. The smallest absolute Gasteiger partial charge is 0.226 e. The molecule has 1 saturated heterocycles. The van der Waals surface area contributed by atoms with E-state index in [1.807, 2.05) is 37.3 Å². The van der Waals surface area contributed by atoms with E-state index < -0.39 is 0 Å². The van der Waals surface area contributed by atoms with E-state index in [0.29, 0.717) is 5.89 Å². The third-order valence-electron chi connectivity index (χ3n) is 4.42. The normalized spacial score (nSPS) is 21.8. The number of nitrogens with two attached hydrogens (primary N) is 1. The lowest BCUT2D eigenvalue weighted by Crippen LogP contribution is -2.31. The molecule has 4 nitrogen and oxygen atoms in total. The molecule has 2 aromatic rings. The molecule has 120 valence electrons. The first-order valence-corrected chi connectivity index (χ1v) is 7.54. The van der Waals surface area contributed by atoms with E-state index in [0.717, 1.165) is 49.6 Å². The molecule has 5 heteroatoms. The first-order valence-electron chi connectivity index (χ1n) is 7.54. The summed E-state index contributed by atoms with van der Waals surface area (Å²) < 4.78 is 5.83. The molecule has 1 fully saturated rings. The molecule has 1 atom stereocenters. The Bertz CT molecular complexity index is 614. The molecular formula is C17H24ClN3O. The molecule has 0 amide bonds. The zero-order valence-electron chi connectivity index (χ0n) is 13.2. The summed E-state index contributed by atoms with van der Waals surface area (Å²) in [5, 5.41) is 0. The number of oxazole rings is 1. The monoisotopic (exact) mass is 321 g/mol. The Morgan fingerprint density at radius 1 is 1.32 bits per heavy atom. The molecule has 2 heterocycles. The maximum absolute atomic E-state index is 5.87. The predicted molar refractivity (Wildman–Crippen MR) is 91.0 cm³/mol. The number of aromatic nitrogens is 1. The molecule has 3 rings (SSSR count). The molecule has 0 radical (unpaired) electrons. The summed E-state index contributed by atoms with van der Waals surface area (Å²) in [5.41, 5.74) is 8.19. The van der Waals surface area contributed by atoms with Gasteiger partial charge in [0.05, 0.1) is 5.69 Å². The highest BCUT2D eigenvalue weighted by Crippen LogP contribution is 2.30. The number of hydrogen-bond acceptors (Lipinski definition) is 4. The third kappa shape index (κ3) is 3.51. The molecule has 1 unspecified atom stereocenters. The molecule has 1 aromatic carbocycles. The van der Waals surface area contributed by atoms with Crippen molar-refractivity contribution in [3.8, 4) is 11.5 Å². The van der Waals surface area contributed by atoms with E-state index in [4.69, 9.17) is 10.2 Å². The van der Waals surface area contributed by atoms with E-state index in [9.17, 15) is 0 Å². The van der Waals surface area contributed by atoms with Crippen LogP contribution in [0.5, 0.6) is 0 Å². The summed E-state index contributed by atoms with van der Waals surface area (Å²) in [6.45, 7) is 7.97. The van der Waals surface area contributed by atoms with Crippen molar-refractivity contribution in [2.75, 3.05) is 19.6 Å². The van der Waals surface area contributed by atoms with Crippen molar-refractivity contribution in [2.24, 2.45) is 11.1 Å². The Morgan fingerprint density at radius 3 is 2.68 bits per heavy atom. The van der Waals surface area contributed by atoms with Crippen LogP contribution in [-0.2, 0) is 6.54 Å². The fraction of sp³-hybridized carbons (Fsp3) is 0.471. The van der Waals surface area contributed by atoms with E-state index in [-0.39, 0.29) is 17.8 Å². The summed E-state index contributed by atoms with van der Waals surface area (Å²) in [7, 11) is 0. The van der Waals surface area contributed by atoms with Gasteiger partial charge in [0.25, 0.3) is 0 Å². The molecule has 1 aromatic heterocycles. The van der Waals surface area contributed by atoms with E-state index in [1.165, 1.54) is 0 Å². The second-order valence-electron chi connectivity index (χ2n) is 6.36. The van der Waals surface area contributed by atoms with Crippen molar-refractivity contribution in [2.45, 2.75) is 26.8 Å². The fourth-order valence-electron chi connectivity index (χ4n) is 2.92. The SMILES string of the molecule is Cc1oc(-c2ccccc2)nc1CN1CCC(C)(CN)C1.Cl. The summed E-state index contributed by atoms with van der Waals surface area (Å²) in [4.78, 5) is 7.10. The molecule has 0 bridgehead atoms. The predicted octanol–water partition coefficient (Wildman–Crippen LogP) is 3.24. The molecule has 1 aliphatic rings. The zero-order valence-corrected chi connectivity index (χ0v) is 14.0. The summed E-state index contributed by atoms with van der Waals surface area (Å²) in [5.74, 6) is 1.62. The van der Waals surface area contributed by atoms with Crippen molar-refractivity contribution < 1.29 is 4.42 Å². The van der Waals surface area contributed by atoms with Crippen LogP contribution in [0.1, 0.15) is 24.8 Å². The van der Waals surface area contributed by atoms with Crippen LogP contribution in [0.15, 0.2) is 34.7 Å². The number of rotatable bonds is 4. The van der Waals surface area contributed by atoms with Crippen molar-refractivity contribution in [3.63, 3.8) is 0 Å². The minimum atomic E-state index is 0. The number of halogens is 1. The van der Waals surface area contributed by atoms with Crippen molar-refractivity contribution in [1.82, 2.24) is 9.88 Å². The summed E-state index contributed by atoms with van der Waals surface area (Å²) >= 11 is 0. The van der Waals surface area contributed by atoms with Gasteiger partial charge in [-0.05, 0) is 44.0 Å². The number of aryl methyl sites for hydroxylation is 1. The van der Waals surface area contributed by atoms with Gasteiger partial charge in [-0.3, -0.25) is 4.90 Å². The van der Waals surface area contributed by atoms with Crippen LogP contribution < -0.4 is 5.73 Å². The molecule has 2 N–H and O–H groups in total. The molecule has 0 saturated carbocycles. The molecule has 0 aliphatic carbocycles. The van der Waals surface area contributed by atoms with Gasteiger partial charge in [-0.1, -0.05) is 25.1 Å². The number of benzene rings is 1. The minimum Gasteiger partial charge on any atom is -0.441 e. The zero-order chi connectivity index (χ0) is 14.9. The lowest BCUT2D eigenvalue weighted by Gasteiger charge is -2.22. The fourth-order valence-corrected chi connectivity index (χ4v) is 2.92. The van der Waals surface area contributed by atoms with Crippen LogP contribution in [0.3, 0.4) is 0 Å². The van der Waals surface area contributed by atoms with E-state index >= 15 is 0 Å². The second-order valence-corrected chi connectivity index (χ2v) is 6.36. The second kappa shape index (κ2) is 6.82. The van der Waals surface area contributed by atoms with Gasteiger partial charge in [0.2, 0.25) is 5.89 Å². The van der Waals surface area contributed by atoms with Gasteiger partial charge in [0, 0.05) is 18.7 Å². The lowest BCUT2D eigenvalue weighted by atomic mass is 9.90. The van der Waals surface area contributed by atoms with Gasteiger partial charge in [0.15, 0.2) is 0 Å². The minimum absolute atomic E-state index is 0. The first-order chi connectivity index (χ1) is 10.1. The van der Waals surface area contributed by atoms with Crippen LogP contribution >= 0.6 is 12.4 Å². The maximum Gasteiger partial charge on any atom is 0.226 e. The van der Waals surface area contributed by atoms with E-state index in [1.54, 1.807) is 0 Å². The van der Waals surface area contributed by atoms with Gasteiger partial charge in [-0.15, -0.1) is 12.4 Å². The average molecular weight is 322 g/mol. The number of likely N-dealkylation sites (tertiary alicyclic amines) is 1. The van der Waals surface area contributed by atoms with Crippen LogP contribution in [0.4, 0.5) is 0 Å². The van der Waals surface area contributed by atoms with Gasteiger partial charge >= 0.3 is 0 Å². The number of nitrogens with zero attached hydrogens (tertiary/aromatic N) is 2. The average Bonchev–Trinajstić information content (AvgIpc) is 3.05. The third-order valence-corrected chi connectivity index (χ3v) is 4.42.